The van der Waals surface area contributed by atoms with Gasteiger partial charge >= 0.3 is 5.97 Å². The van der Waals surface area contributed by atoms with Gasteiger partial charge in [0.1, 0.15) is 12.4 Å². The number of nitrogens with one attached hydrogen (secondary N) is 1. The first-order valence-electron chi connectivity index (χ1n) is 7.89. The van der Waals surface area contributed by atoms with Crippen LogP contribution in [0.4, 0.5) is 0 Å². The average Bonchev–Trinajstić information content (AvgIpc) is 2.65. The van der Waals surface area contributed by atoms with Crippen molar-refractivity contribution in [3.63, 3.8) is 0 Å². The molecule has 0 fully saturated rings. The van der Waals surface area contributed by atoms with E-state index >= 15 is 0 Å². The molecular weight excluding hydrogens is 336 g/mol. The van der Waals surface area contributed by atoms with Gasteiger partial charge in [0.25, 0.3) is 5.70 Å². The number of carbonyl (C=O) groups excluding carboxylic acids is 2. The second-order valence-corrected chi connectivity index (χ2v) is 5.20. The maximum atomic E-state index is 12.0. The molecule has 0 saturated heterocycles. The number of ether oxygens (including phenoxy) is 3. The minimum Gasteiger partial charge on any atom is -0.497 e. The molecule has 0 radical (unpaired) electrons. The Hall–Kier alpha value is -3.11. The first-order chi connectivity index (χ1) is 12.5. The number of amides is 1. The summed E-state index contributed by atoms with van der Waals surface area (Å²) in [6, 6.07) is 7.01. The fraction of sp³-hybridized carbons (Fsp3) is 0.316. The number of esters is 1. The largest absolute Gasteiger partial charge is 0.497 e. The third-order valence-electron chi connectivity index (χ3n) is 3.11. The predicted octanol–water partition coefficient (Wildman–Crippen LogP) is 2.21. The van der Waals surface area contributed by atoms with Crippen molar-refractivity contribution in [1.82, 2.24) is 5.32 Å². The number of benzene rings is 1. The first-order valence-corrected chi connectivity index (χ1v) is 7.89. The van der Waals surface area contributed by atoms with Crippen molar-refractivity contribution in [2.45, 2.75) is 6.92 Å². The number of nitrogens with zero attached hydrogens (tertiary/aromatic N) is 1. The summed E-state index contributed by atoms with van der Waals surface area (Å²) < 4.78 is 15.2. The van der Waals surface area contributed by atoms with Gasteiger partial charge in [-0.15, -0.1) is 0 Å². The minimum atomic E-state index is -0.479. The van der Waals surface area contributed by atoms with Gasteiger partial charge in [-0.25, -0.2) is 9.64 Å². The molecule has 0 unspecified atom stereocenters. The zero-order chi connectivity index (χ0) is 19.4. The second-order valence-electron chi connectivity index (χ2n) is 5.20. The minimum absolute atomic E-state index is 0.0226. The zero-order valence-electron chi connectivity index (χ0n) is 14.9. The topological polar surface area (TPSA) is 78.2 Å². The van der Waals surface area contributed by atoms with E-state index in [0.29, 0.717) is 11.3 Å². The molecule has 0 heterocycles. The Kier molecular flexibility index (Phi) is 9.22. The summed E-state index contributed by atoms with van der Waals surface area (Å²) in [7, 11) is 1.56. The predicted molar refractivity (Wildman–Crippen MR) is 97.2 cm³/mol. The van der Waals surface area contributed by atoms with E-state index in [9.17, 15) is 9.59 Å². The number of rotatable bonds is 10. The summed E-state index contributed by atoms with van der Waals surface area (Å²) in [5.74, 6) is -0.248. The lowest BCUT2D eigenvalue weighted by Gasteiger charge is -2.07. The van der Waals surface area contributed by atoms with Gasteiger partial charge in [0.15, 0.2) is 0 Å². The highest BCUT2D eigenvalue weighted by molar-refractivity contribution is 5.99. The second kappa shape index (κ2) is 11.4. The highest BCUT2D eigenvalue weighted by atomic mass is 16.6. The van der Waals surface area contributed by atoms with Crippen LogP contribution in [-0.2, 0) is 19.1 Å². The van der Waals surface area contributed by atoms with Crippen molar-refractivity contribution in [2.24, 2.45) is 0 Å². The monoisotopic (exact) mass is 358 g/mol. The molecule has 1 aromatic carbocycles. The molecule has 0 saturated carbocycles. The van der Waals surface area contributed by atoms with E-state index in [2.05, 4.69) is 16.7 Å². The van der Waals surface area contributed by atoms with Gasteiger partial charge in [0.2, 0.25) is 5.91 Å². The van der Waals surface area contributed by atoms with Crippen LogP contribution in [0, 0.1) is 6.57 Å². The Morgan fingerprint density at radius 2 is 1.92 bits per heavy atom. The third-order valence-corrected chi connectivity index (χ3v) is 3.11. The standard InChI is InChI=1S/C19H22N2O5/c1-14(2)19(23)26-12-11-25-10-9-21-18(22)17(20-3)13-15-5-7-16(24-4)8-6-15/h5-8,13H,1,9-12H2,2,4H3,(H,21,22)/b17-13-. The molecular formula is C19H22N2O5. The van der Waals surface area contributed by atoms with Crippen LogP contribution in [0.1, 0.15) is 12.5 Å². The van der Waals surface area contributed by atoms with Crippen LogP contribution in [-0.4, -0.2) is 45.4 Å². The maximum Gasteiger partial charge on any atom is 0.333 e. The Bertz CT molecular complexity index is 702. The van der Waals surface area contributed by atoms with Crippen LogP contribution in [0.25, 0.3) is 10.9 Å². The Morgan fingerprint density at radius 1 is 1.23 bits per heavy atom. The van der Waals surface area contributed by atoms with Gasteiger partial charge in [-0.2, -0.15) is 0 Å². The van der Waals surface area contributed by atoms with E-state index in [1.807, 2.05) is 0 Å². The smallest absolute Gasteiger partial charge is 0.333 e. The molecule has 0 bridgehead atoms. The highest BCUT2D eigenvalue weighted by Crippen LogP contribution is 2.14. The molecule has 0 aromatic heterocycles. The molecule has 26 heavy (non-hydrogen) atoms. The van der Waals surface area contributed by atoms with Gasteiger partial charge in [0.05, 0.1) is 26.9 Å². The molecule has 1 amide bonds. The van der Waals surface area contributed by atoms with E-state index in [1.54, 1.807) is 38.3 Å². The quantitative estimate of drug-likeness (QED) is 0.300. The van der Waals surface area contributed by atoms with Crippen LogP contribution in [0.5, 0.6) is 5.75 Å². The van der Waals surface area contributed by atoms with Crippen LogP contribution in [0.15, 0.2) is 42.1 Å². The van der Waals surface area contributed by atoms with Crippen molar-refractivity contribution in [1.29, 1.82) is 0 Å². The molecule has 0 aliphatic carbocycles. The van der Waals surface area contributed by atoms with E-state index in [1.165, 1.54) is 6.08 Å². The molecule has 0 spiro atoms. The molecule has 1 N–H and O–H groups in total. The summed E-state index contributed by atoms with van der Waals surface area (Å²) in [6.45, 7) is 13.0. The molecule has 0 atom stereocenters. The molecule has 138 valence electrons. The lowest BCUT2D eigenvalue weighted by Crippen LogP contribution is -2.28. The molecule has 7 nitrogen and oxygen atoms in total. The zero-order valence-corrected chi connectivity index (χ0v) is 14.9. The molecule has 0 aliphatic heterocycles. The van der Waals surface area contributed by atoms with Gasteiger partial charge in [-0.3, -0.25) is 4.79 Å². The van der Waals surface area contributed by atoms with Crippen molar-refractivity contribution in [2.75, 3.05) is 33.5 Å². The summed E-state index contributed by atoms with van der Waals surface area (Å²) >= 11 is 0. The summed E-state index contributed by atoms with van der Waals surface area (Å²) in [5, 5.41) is 2.60. The SMILES string of the molecule is [C-]#[N+]/C(=C\c1ccc(OC)cc1)C(=O)NCCOCCOC(=O)C(=C)C. The number of hydrogen-bond acceptors (Lipinski definition) is 5. The van der Waals surface area contributed by atoms with E-state index < -0.39 is 11.9 Å². The number of hydrogen-bond donors (Lipinski definition) is 1. The van der Waals surface area contributed by atoms with E-state index in [0.717, 1.165) is 5.56 Å². The van der Waals surface area contributed by atoms with Gasteiger partial charge in [-0.1, -0.05) is 18.7 Å². The van der Waals surface area contributed by atoms with Gasteiger partial charge in [-0.05, 0) is 30.7 Å². The lowest BCUT2D eigenvalue weighted by molar-refractivity contribution is -0.140. The van der Waals surface area contributed by atoms with Gasteiger partial charge < -0.3 is 19.5 Å². The highest BCUT2D eigenvalue weighted by Gasteiger charge is 2.09. The number of methoxy groups -OCH3 is 1. The van der Waals surface area contributed by atoms with Crippen molar-refractivity contribution < 1.29 is 23.8 Å². The Morgan fingerprint density at radius 3 is 2.50 bits per heavy atom. The van der Waals surface area contributed by atoms with Crippen LogP contribution in [0.3, 0.4) is 0 Å². The van der Waals surface area contributed by atoms with Crippen LogP contribution >= 0.6 is 0 Å². The van der Waals surface area contributed by atoms with Crippen LogP contribution in [0.2, 0.25) is 0 Å². The first kappa shape index (κ1) is 20.9. The number of carbonyl (C=O) groups is 2. The molecule has 0 aliphatic rings. The van der Waals surface area contributed by atoms with Gasteiger partial charge in [0, 0.05) is 12.1 Å². The molecule has 7 heteroatoms. The average molecular weight is 358 g/mol. The van der Waals surface area contributed by atoms with Crippen LogP contribution < -0.4 is 10.1 Å². The third kappa shape index (κ3) is 7.64. The fourth-order valence-electron chi connectivity index (χ4n) is 1.75. The summed E-state index contributed by atoms with van der Waals surface area (Å²) in [4.78, 5) is 26.4. The van der Waals surface area contributed by atoms with E-state index in [4.69, 9.17) is 20.8 Å². The Balaban J connectivity index is 2.34. The molecule has 1 rings (SSSR count). The maximum absolute atomic E-state index is 12.0. The summed E-state index contributed by atoms with van der Waals surface area (Å²) in [6.07, 6.45) is 1.50. The fourth-order valence-corrected chi connectivity index (χ4v) is 1.75. The summed E-state index contributed by atoms with van der Waals surface area (Å²) in [5.41, 5.74) is 1.03. The van der Waals surface area contributed by atoms with Crippen molar-refractivity contribution >= 4 is 18.0 Å². The Labute approximate surface area is 153 Å². The lowest BCUT2D eigenvalue weighted by atomic mass is 10.2. The van der Waals surface area contributed by atoms with E-state index in [-0.39, 0.29) is 32.1 Å². The van der Waals surface area contributed by atoms with Crippen molar-refractivity contribution in [3.8, 4) is 5.75 Å². The normalized spacial score (nSPS) is 10.6. The van der Waals surface area contributed by atoms with Crippen molar-refractivity contribution in [3.05, 3.63) is 59.1 Å². The molecule has 1 aromatic rings.